The third-order valence-corrected chi connectivity index (χ3v) is 5.94. The second kappa shape index (κ2) is 11.6. The van der Waals surface area contributed by atoms with Crippen molar-refractivity contribution < 1.29 is 13.9 Å². The number of nitrogen functional groups attached to an aromatic ring is 1. The number of unbranched alkanes of at least 4 members (excludes halogenated alkanes) is 5. The van der Waals surface area contributed by atoms with Gasteiger partial charge in [0.1, 0.15) is 17.0 Å². The van der Waals surface area contributed by atoms with E-state index in [4.69, 9.17) is 26.5 Å². The van der Waals surface area contributed by atoms with Gasteiger partial charge in [-0.05, 0) is 53.6 Å². The molecule has 0 atom stereocenters. The highest BCUT2D eigenvalue weighted by Crippen LogP contribution is 2.27. The van der Waals surface area contributed by atoms with E-state index in [2.05, 4.69) is 20.6 Å². The van der Waals surface area contributed by atoms with Crippen molar-refractivity contribution in [2.45, 2.75) is 38.5 Å². The second-order valence-corrected chi connectivity index (χ2v) is 8.49. The number of rotatable bonds is 12. The van der Waals surface area contributed by atoms with Crippen LogP contribution in [0.4, 0.5) is 5.69 Å². The van der Waals surface area contributed by atoms with E-state index in [1.807, 2.05) is 0 Å². The van der Waals surface area contributed by atoms with Gasteiger partial charge in [-0.1, -0.05) is 37.8 Å². The monoisotopic (exact) mass is 495 g/mol. The Morgan fingerprint density at radius 2 is 1.77 bits per heavy atom. The lowest BCUT2D eigenvalue weighted by Crippen LogP contribution is -2.14. The molecule has 9 nitrogen and oxygen atoms in total. The number of nitrogens with two attached hydrogens (primary N) is 1. The number of nitrogens with one attached hydrogen (secondary N) is 1. The number of aromatic amines is 1. The summed E-state index contributed by atoms with van der Waals surface area (Å²) in [6.07, 6.45) is 6.70. The lowest BCUT2D eigenvalue weighted by atomic mass is 9.98. The Balaban J connectivity index is 1.46. The lowest BCUT2D eigenvalue weighted by molar-refractivity contribution is 0.104. The van der Waals surface area contributed by atoms with Crippen LogP contribution in [-0.4, -0.2) is 38.9 Å². The number of hydrogen-bond donors (Lipinski definition) is 2. The number of hydrogen-bond acceptors (Lipinski definition) is 8. The van der Waals surface area contributed by atoms with Gasteiger partial charge < -0.3 is 14.9 Å². The molecule has 3 N–H and O–H groups in total. The van der Waals surface area contributed by atoms with Crippen LogP contribution in [0.15, 0.2) is 51.7 Å². The van der Waals surface area contributed by atoms with Gasteiger partial charge in [0.25, 0.3) is 0 Å². The molecule has 2 aromatic carbocycles. The van der Waals surface area contributed by atoms with Crippen molar-refractivity contribution in [1.82, 2.24) is 20.6 Å². The second-order valence-electron chi connectivity index (χ2n) is 8.11. The highest BCUT2D eigenvalue weighted by atomic mass is 35.5. The first-order valence-electron chi connectivity index (χ1n) is 11.5. The molecule has 2 aromatic heterocycles. The van der Waals surface area contributed by atoms with Gasteiger partial charge in [-0.3, -0.25) is 9.59 Å². The maximum absolute atomic E-state index is 13.2. The van der Waals surface area contributed by atoms with Crippen molar-refractivity contribution >= 4 is 34.0 Å². The average molecular weight is 496 g/mol. The van der Waals surface area contributed by atoms with Crippen LogP contribution in [0.25, 0.3) is 22.6 Å². The minimum Gasteiger partial charge on any atom is -0.494 e. The molecule has 0 aliphatic carbocycles. The zero-order valence-electron chi connectivity index (χ0n) is 19.1. The number of benzene rings is 2. The van der Waals surface area contributed by atoms with Gasteiger partial charge in [0, 0.05) is 17.0 Å². The molecule has 2 heterocycles. The average Bonchev–Trinajstić information content (AvgIpc) is 3.42. The van der Waals surface area contributed by atoms with Crippen LogP contribution in [0.5, 0.6) is 5.75 Å². The molecule has 182 valence electrons. The smallest absolute Gasteiger partial charge is 0.217 e. The number of halogens is 1. The molecule has 0 radical (unpaired) electrons. The van der Waals surface area contributed by atoms with E-state index in [-0.39, 0.29) is 39.6 Å². The highest BCUT2D eigenvalue weighted by molar-refractivity contribution is 6.17. The van der Waals surface area contributed by atoms with Gasteiger partial charge in [0.2, 0.25) is 11.3 Å². The molecule has 0 aliphatic heterocycles. The zero-order valence-corrected chi connectivity index (χ0v) is 19.9. The number of ether oxygens (including phenoxy) is 1. The fourth-order valence-corrected chi connectivity index (χ4v) is 4.01. The summed E-state index contributed by atoms with van der Waals surface area (Å²) in [4.78, 5) is 26.3. The maximum Gasteiger partial charge on any atom is 0.217 e. The predicted molar refractivity (Wildman–Crippen MR) is 134 cm³/mol. The van der Waals surface area contributed by atoms with Crippen LogP contribution >= 0.6 is 11.6 Å². The van der Waals surface area contributed by atoms with E-state index in [0.29, 0.717) is 17.9 Å². The van der Waals surface area contributed by atoms with Gasteiger partial charge >= 0.3 is 0 Å². The van der Waals surface area contributed by atoms with Gasteiger partial charge in [-0.25, -0.2) is 5.10 Å². The summed E-state index contributed by atoms with van der Waals surface area (Å²) in [6, 6.07) is 11.7. The molecule has 0 saturated carbocycles. The van der Waals surface area contributed by atoms with E-state index < -0.39 is 5.43 Å². The highest BCUT2D eigenvalue weighted by Gasteiger charge is 2.21. The molecule has 0 saturated heterocycles. The minimum atomic E-state index is -0.524. The lowest BCUT2D eigenvalue weighted by Gasteiger charge is -2.09. The topological polar surface area (TPSA) is 137 Å². The fourth-order valence-electron chi connectivity index (χ4n) is 3.83. The first kappa shape index (κ1) is 24.4. The molecular formula is C25H26ClN5O4. The Morgan fingerprint density at radius 3 is 2.49 bits per heavy atom. The molecule has 0 bridgehead atoms. The zero-order chi connectivity index (χ0) is 24.6. The minimum absolute atomic E-state index is 0.0221. The Labute approximate surface area is 206 Å². The molecule has 0 unspecified atom stereocenters. The SMILES string of the molecule is Nc1c(-c2nnn[nH]2)oc2cccc(C(=O)c3ccc(OCCCCCCCCCl)cc3)c2c1=O. The molecule has 0 fully saturated rings. The molecule has 0 spiro atoms. The van der Waals surface area contributed by atoms with Gasteiger partial charge in [-0.15, -0.1) is 16.7 Å². The van der Waals surface area contributed by atoms with E-state index in [1.54, 1.807) is 42.5 Å². The number of nitrogens with zero attached hydrogens (tertiary/aromatic N) is 3. The largest absolute Gasteiger partial charge is 0.494 e. The molecule has 4 aromatic rings. The number of fused-ring (bicyclic) bond motifs is 1. The van der Waals surface area contributed by atoms with Crippen molar-refractivity contribution in [3.05, 3.63) is 63.8 Å². The molecule has 35 heavy (non-hydrogen) atoms. The summed E-state index contributed by atoms with van der Waals surface area (Å²) in [5.74, 6) is 1.25. The van der Waals surface area contributed by atoms with Crippen molar-refractivity contribution in [3.63, 3.8) is 0 Å². The Bertz CT molecular complexity index is 1340. The van der Waals surface area contributed by atoms with Gasteiger partial charge in [-0.2, -0.15) is 0 Å². The van der Waals surface area contributed by atoms with Gasteiger partial charge in [0.05, 0.1) is 12.0 Å². The third kappa shape index (κ3) is 5.68. The summed E-state index contributed by atoms with van der Waals surface area (Å²) in [5, 5.41) is 13.3. The summed E-state index contributed by atoms with van der Waals surface area (Å²) in [7, 11) is 0. The molecule has 4 rings (SSSR count). The Hall–Kier alpha value is -3.72. The number of aromatic nitrogens is 4. The van der Waals surface area contributed by atoms with Crippen molar-refractivity contribution in [2.24, 2.45) is 0 Å². The summed E-state index contributed by atoms with van der Waals surface area (Å²) >= 11 is 5.69. The summed E-state index contributed by atoms with van der Waals surface area (Å²) in [5.41, 5.74) is 6.14. The number of ketones is 1. The van der Waals surface area contributed by atoms with E-state index >= 15 is 0 Å². The summed E-state index contributed by atoms with van der Waals surface area (Å²) < 4.78 is 11.6. The number of H-pyrrole nitrogens is 1. The quantitative estimate of drug-likeness (QED) is 0.163. The van der Waals surface area contributed by atoms with E-state index in [1.165, 1.54) is 19.3 Å². The van der Waals surface area contributed by atoms with Crippen LogP contribution in [0.1, 0.15) is 54.4 Å². The van der Waals surface area contributed by atoms with E-state index in [9.17, 15) is 9.59 Å². The van der Waals surface area contributed by atoms with Crippen molar-refractivity contribution in [2.75, 3.05) is 18.2 Å². The maximum atomic E-state index is 13.2. The first-order chi connectivity index (χ1) is 17.1. The Kier molecular flexibility index (Phi) is 8.10. The molecule has 0 aliphatic rings. The van der Waals surface area contributed by atoms with Crippen LogP contribution in [0.2, 0.25) is 0 Å². The molecule has 0 amide bonds. The van der Waals surface area contributed by atoms with Crippen LogP contribution in [0, 0.1) is 0 Å². The number of anilines is 1. The summed E-state index contributed by atoms with van der Waals surface area (Å²) in [6.45, 7) is 0.621. The van der Waals surface area contributed by atoms with Crippen LogP contribution in [0.3, 0.4) is 0 Å². The van der Waals surface area contributed by atoms with Crippen molar-refractivity contribution in [1.29, 1.82) is 0 Å². The fraction of sp³-hybridized carbons (Fsp3) is 0.320. The van der Waals surface area contributed by atoms with Crippen LogP contribution in [-0.2, 0) is 0 Å². The number of carbonyl (C=O) groups excluding carboxylic acids is 1. The van der Waals surface area contributed by atoms with Crippen LogP contribution < -0.4 is 15.9 Å². The first-order valence-corrected chi connectivity index (χ1v) is 12.1. The number of tetrazole rings is 1. The normalized spacial score (nSPS) is 11.1. The molecule has 10 heteroatoms. The third-order valence-electron chi connectivity index (χ3n) is 5.67. The van der Waals surface area contributed by atoms with Crippen molar-refractivity contribution in [3.8, 4) is 17.3 Å². The Morgan fingerprint density at radius 1 is 1.03 bits per heavy atom. The molecular weight excluding hydrogens is 470 g/mol. The number of carbonyl (C=O) groups is 1. The standard InChI is InChI=1S/C25H26ClN5O4/c26-14-5-3-1-2-4-6-15-34-17-12-10-16(11-13-17)22(32)18-8-7-9-19-20(18)23(33)21(27)24(35-19)25-28-30-31-29-25/h7-13H,1-6,14-15,27H2,(H,28,29,30,31). The van der Waals surface area contributed by atoms with Gasteiger partial charge in [0.15, 0.2) is 11.5 Å². The van der Waals surface area contributed by atoms with E-state index in [0.717, 1.165) is 25.1 Å². The predicted octanol–water partition coefficient (Wildman–Crippen LogP) is 4.74. The number of alkyl halides is 1.